The van der Waals surface area contributed by atoms with Crippen LogP contribution >= 0.6 is 0 Å². The molecule has 3 rings (SSSR count). The van der Waals surface area contributed by atoms with E-state index in [0.717, 1.165) is 24.3 Å². The van der Waals surface area contributed by atoms with Gasteiger partial charge in [-0.15, -0.1) is 0 Å². The van der Waals surface area contributed by atoms with Gasteiger partial charge in [-0.2, -0.15) is 0 Å². The molecule has 0 heterocycles. The number of carbonyl (C=O) groups is 4. The summed E-state index contributed by atoms with van der Waals surface area (Å²) in [5, 5.41) is 21.7. The fraction of sp³-hybridized carbons (Fsp3) is 0. The molecule has 2 aromatic rings. The molecule has 108 valence electrons. The van der Waals surface area contributed by atoms with Crippen molar-refractivity contribution >= 4 is 23.5 Å². The summed E-state index contributed by atoms with van der Waals surface area (Å²) in [5.74, 6) is -4.00. The average Bonchev–Trinajstić information content (AvgIpc) is 2.51. The van der Waals surface area contributed by atoms with Gasteiger partial charge in [-0.25, -0.2) is 0 Å². The number of rotatable bonds is 2. The van der Waals surface area contributed by atoms with Crippen LogP contribution < -0.4 is 47.9 Å². The zero-order valence-electron chi connectivity index (χ0n) is 12.9. The SMILES string of the molecule is O=C([O-])c1ccc2c(c1)C(=O)c1ccc(C(=O)[O-])cc1C2=O.[Li+].[Li+]. The molecule has 1 aliphatic rings. The first-order chi connectivity index (χ1) is 10.4. The maximum Gasteiger partial charge on any atom is 1.00 e. The van der Waals surface area contributed by atoms with Crippen molar-refractivity contribution in [1.82, 2.24) is 0 Å². The molecular formula is C16H6Li2O6. The van der Waals surface area contributed by atoms with E-state index in [0.29, 0.717) is 0 Å². The van der Waals surface area contributed by atoms with Gasteiger partial charge in [0.1, 0.15) is 0 Å². The average molecular weight is 308 g/mol. The van der Waals surface area contributed by atoms with Gasteiger partial charge >= 0.3 is 37.7 Å². The Labute approximate surface area is 160 Å². The minimum Gasteiger partial charge on any atom is -0.545 e. The van der Waals surface area contributed by atoms with Gasteiger partial charge in [0.15, 0.2) is 11.6 Å². The molecule has 0 unspecified atom stereocenters. The van der Waals surface area contributed by atoms with Crippen LogP contribution in [0.3, 0.4) is 0 Å². The van der Waals surface area contributed by atoms with E-state index in [4.69, 9.17) is 0 Å². The molecule has 0 N–H and O–H groups in total. The topological polar surface area (TPSA) is 114 Å². The van der Waals surface area contributed by atoms with Crippen LogP contribution in [0.15, 0.2) is 36.4 Å². The van der Waals surface area contributed by atoms with Gasteiger partial charge in [-0.1, -0.05) is 12.1 Å². The maximum absolute atomic E-state index is 12.4. The second-order valence-corrected chi connectivity index (χ2v) is 4.75. The van der Waals surface area contributed by atoms with E-state index in [1.54, 1.807) is 0 Å². The van der Waals surface area contributed by atoms with Crippen molar-refractivity contribution in [2.45, 2.75) is 0 Å². The quantitative estimate of drug-likeness (QED) is 0.435. The van der Waals surface area contributed by atoms with Crippen molar-refractivity contribution in [2.24, 2.45) is 0 Å². The van der Waals surface area contributed by atoms with Crippen molar-refractivity contribution in [3.8, 4) is 0 Å². The van der Waals surface area contributed by atoms with Crippen LogP contribution in [0.25, 0.3) is 0 Å². The summed E-state index contributed by atoms with van der Waals surface area (Å²) >= 11 is 0. The van der Waals surface area contributed by atoms with Crippen LogP contribution in [0.1, 0.15) is 52.6 Å². The summed E-state index contributed by atoms with van der Waals surface area (Å²) < 4.78 is 0. The molecule has 24 heavy (non-hydrogen) atoms. The Bertz CT molecular complexity index is 815. The maximum atomic E-state index is 12.4. The Balaban J connectivity index is 0.00000144. The summed E-state index contributed by atoms with van der Waals surface area (Å²) in [6, 6.07) is 6.92. The van der Waals surface area contributed by atoms with E-state index in [1.807, 2.05) is 0 Å². The number of carboxylic acids is 2. The van der Waals surface area contributed by atoms with E-state index in [9.17, 15) is 29.4 Å². The van der Waals surface area contributed by atoms with Crippen LogP contribution in [0.2, 0.25) is 0 Å². The Morgan fingerprint density at radius 2 is 0.958 bits per heavy atom. The van der Waals surface area contributed by atoms with E-state index in [-0.39, 0.29) is 71.1 Å². The van der Waals surface area contributed by atoms with Gasteiger partial charge in [-0.3, -0.25) is 9.59 Å². The van der Waals surface area contributed by atoms with Gasteiger partial charge in [0.25, 0.3) is 0 Å². The molecule has 2 aromatic carbocycles. The molecule has 0 saturated heterocycles. The predicted molar refractivity (Wildman–Crippen MR) is 68.4 cm³/mol. The molecule has 0 atom stereocenters. The fourth-order valence-electron chi connectivity index (χ4n) is 2.40. The van der Waals surface area contributed by atoms with Crippen LogP contribution in [-0.2, 0) is 0 Å². The molecule has 0 fully saturated rings. The van der Waals surface area contributed by atoms with E-state index < -0.39 is 23.5 Å². The molecule has 8 heteroatoms. The Kier molecular flexibility index (Phi) is 6.00. The fourth-order valence-corrected chi connectivity index (χ4v) is 2.40. The number of benzene rings is 2. The molecule has 0 saturated carbocycles. The van der Waals surface area contributed by atoms with Gasteiger partial charge in [0.2, 0.25) is 0 Å². The third-order valence-electron chi connectivity index (χ3n) is 3.49. The van der Waals surface area contributed by atoms with Gasteiger partial charge in [0.05, 0.1) is 11.9 Å². The summed E-state index contributed by atoms with van der Waals surface area (Å²) in [7, 11) is 0. The number of aromatic carboxylic acids is 2. The van der Waals surface area contributed by atoms with Crippen LogP contribution in [0.4, 0.5) is 0 Å². The minimum atomic E-state index is -1.46. The summed E-state index contributed by atoms with van der Waals surface area (Å²) in [4.78, 5) is 46.5. The first-order valence-corrected chi connectivity index (χ1v) is 6.20. The Morgan fingerprint density at radius 3 is 1.25 bits per heavy atom. The van der Waals surface area contributed by atoms with Gasteiger partial charge < -0.3 is 19.8 Å². The minimum absolute atomic E-state index is 0. The zero-order chi connectivity index (χ0) is 16.0. The molecule has 6 nitrogen and oxygen atoms in total. The third kappa shape index (κ3) is 3.10. The van der Waals surface area contributed by atoms with E-state index in [1.165, 1.54) is 12.1 Å². The standard InChI is InChI=1S/C16H8O6.2Li/c17-13-9-3-1-7(15(19)20)5-11(9)14(18)10-4-2-8(16(21)22)6-12(10)13;;/h1-6H,(H,19,20)(H,21,22);;/q;2*+1/p-2. The molecular weight excluding hydrogens is 302 g/mol. The van der Waals surface area contributed by atoms with Crippen molar-refractivity contribution in [3.63, 3.8) is 0 Å². The molecule has 0 radical (unpaired) electrons. The van der Waals surface area contributed by atoms with E-state index in [2.05, 4.69) is 0 Å². The van der Waals surface area contributed by atoms with Crippen molar-refractivity contribution < 1.29 is 67.1 Å². The smallest absolute Gasteiger partial charge is 0.545 e. The predicted octanol–water partition coefficient (Wildman–Crippen LogP) is -6.80. The Hall–Kier alpha value is -2.09. The van der Waals surface area contributed by atoms with Crippen LogP contribution in [0, 0.1) is 0 Å². The third-order valence-corrected chi connectivity index (χ3v) is 3.49. The molecule has 0 amide bonds. The first kappa shape index (κ1) is 20.0. The summed E-state index contributed by atoms with van der Waals surface area (Å²) in [6.07, 6.45) is 0. The number of hydrogen-bond donors (Lipinski definition) is 0. The zero-order valence-corrected chi connectivity index (χ0v) is 12.9. The number of carbonyl (C=O) groups excluding carboxylic acids is 4. The second-order valence-electron chi connectivity index (χ2n) is 4.75. The normalized spacial score (nSPS) is 11.5. The number of fused-ring (bicyclic) bond motifs is 2. The van der Waals surface area contributed by atoms with Crippen molar-refractivity contribution in [3.05, 3.63) is 69.8 Å². The molecule has 0 bridgehead atoms. The monoisotopic (exact) mass is 308 g/mol. The number of ketones is 2. The second kappa shape index (κ2) is 7.21. The Morgan fingerprint density at radius 1 is 0.625 bits per heavy atom. The van der Waals surface area contributed by atoms with Crippen LogP contribution in [-0.4, -0.2) is 23.5 Å². The van der Waals surface area contributed by atoms with Gasteiger partial charge in [0, 0.05) is 22.3 Å². The van der Waals surface area contributed by atoms with Crippen LogP contribution in [0.5, 0.6) is 0 Å². The molecule has 0 aliphatic heterocycles. The van der Waals surface area contributed by atoms with Crippen molar-refractivity contribution in [2.75, 3.05) is 0 Å². The molecule has 0 spiro atoms. The summed E-state index contributed by atoms with van der Waals surface area (Å²) in [6.45, 7) is 0. The summed E-state index contributed by atoms with van der Waals surface area (Å²) in [5.41, 5.74) is -0.457. The number of hydrogen-bond acceptors (Lipinski definition) is 6. The van der Waals surface area contributed by atoms with Gasteiger partial charge in [-0.05, 0) is 35.4 Å². The number of carboxylic acid groups (broad SMARTS) is 2. The van der Waals surface area contributed by atoms with E-state index >= 15 is 0 Å². The largest absolute Gasteiger partial charge is 1.00 e. The molecule has 0 aromatic heterocycles. The first-order valence-electron chi connectivity index (χ1n) is 6.20. The molecule has 1 aliphatic carbocycles. The van der Waals surface area contributed by atoms with Crippen molar-refractivity contribution in [1.29, 1.82) is 0 Å².